The fraction of sp³-hybridized carbons (Fsp3) is 0.619. The molecule has 2 saturated heterocycles. The monoisotopic (exact) mass is 415 g/mol. The normalized spacial score (nSPS) is 26.9. The van der Waals surface area contributed by atoms with Gasteiger partial charge >= 0.3 is 6.03 Å². The molecule has 0 aromatic heterocycles. The molecule has 1 spiro atoms. The summed E-state index contributed by atoms with van der Waals surface area (Å²) in [5.41, 5.74) is 0.269. The zero-order valence-corrected chi connectivity index (χ0v) is 17.5. The summed E-state index contributed by atoms with van der Waals surface area (Å²) < 4.78 is 0. The van der Waals surface area contributed by atoms with Crippen molar-refractivity contribution in [2.24, 2.45) is 11.8 Å². The molecule has 3 amide bonds. The van der Waals surface area contributed by atoms with Gasteiger partial charge in [-0.05, 0) is 36.8 Å². The van der Waals surface area contributed by atoms with E-state index in [1.165, 1.54) is 17.0 Å². The Kier molecular flexibility index (Phi) is 5.40. The van der Waals surface area contributed by atoms with Crippen LogP contribution in [0.5, 0.6) is 0 Å². The number of urea groups is 1. The summed E-state index contributed by atoms with van der Waals surface area (Å²) in [4.78, 5) is 42.1. The van der Waals surface area contributed by atoms with Crippen LogP contribution < -0.4 is 10.2 Å². The standard InChI is InChI=1S/C21H29N5O4/c1-15-4-3-5-16(2)21(15)19(27)25(20(28)22-21)14-23-10-12-24(13-11-23)17-6-8-18(9-7-17)26(29)30/h6-9,15-16H,3-5,10-14H2,1-2H3,(H,22,28)/t15-,16-/m1/s1. The van der Waals surface area contributed by atoms with Crippen LogP contribution in [-0.4, -0.2) is 65.0 Å². The summed E-state index contributed by atoms with van der Waals surface area (Å²) >= 11 is 0. The highest BCUT2D eigenvalue weighted by Crippen LogP contribution is 2.42. The van der Waals surface area contributed by atoms with Gasteiger partial charge in [0.1, 0.15) is 5.54 Å². The van der Waals surface area contributed by atoms with Gasteiger partial charge in [-0.2, -0.15) is 0 Å². The van der Waals surface area contributed by atoms with Crippen LogP contribution in [0.3, 0.4) is 0 Å². The smallest absolute Gasteiger partial charge is 0.326 e. The Morgan fingerprint density at radius 1 is 1.07 bits per heavy atom. The second kappa shape index (κ2) is 7.86. The van der Waals surface area contributed by atoms with E-state index in [0.29, 0.717) is 19.8 Å². The van der Waals surface area contributed by atoms with E-state index in [0.717, 1.165) is 38.0 Å². The summed E-state index contributed by atoms with van der Waals surface area (Å²) in [6.07, 6.45) is 3.01. The van der Waals surface area contributed by atoms with Crippen LogP contribution in [0.2, 0.25) is 0 Å². The molecule has 1 aromatic rings. The molecule has 4 rings (SSSR count). The summed E-state index contributed by atoms with van der Waals surface area (Å²) in [6, 6.07) is 6.28. The Bertz CT molecular complexity index is 824. The summed E-state index contributed by atoms with van der Waals surface area (Å²) in [5, 5.41) is 13.9. The third kappa shape index (κ3) is 3.40. The van der Waals surface area contributed by atoms with Gasteiger partial charge in [0.05, 0.1) is 11.6 Å². The lowest BCUT2D eigenvalue weighted by Gasteiger charge is -2.42. The highest BCUT2D eigenvalue weighted by molar-refractivity contribution is 6.07. The second-order valence-electron chi connectivity index (χ2n) is 8.79. The molecule has 2 aliphatic heterocycles. The Morgan fingerprint density at radius 3 is 2.23 bits per heavy atom. The second-order valence-corrected chi connectivity index (χ2v) is 8.79. The molecule has 0 radical (unpaired) electrons. The van der Waals surface area contributed by atoms with E-state index in [-0.39, 0.29) is 29.5 Å². The number of hydrogen-bond acceptors (Lipinski definition) is 6. The fourth-order valence-electron chi connectivity index (χ4n) is 5.21. The van der Waals surface area contributed by atoms with Crippen LogP contribution in [0.1, 0.15) is 33.1 Å². The number of nitro groups is 1. The summed E-state index contributed by atoms with van der Waals surface area (Å²) in [6.45, 7) is 7.34. The van der Waals surface area contributed by atoms with Gasteiger partial charge in [-0.15, -0.1) is 0 Å². The Hall–Kier alpha value is -2.68. The number of amides is 3. The molecule has 0 bridgehead atoms. The number of carbonyl (C=O) groups excluding carboxylic acids is 2. The number of benzene rings is 1. The number of rotatable bonds is 4. The van der Waals surface area contributed by atoms with Crippen molar-refractivity contribution in [3.05, 3.63) is 34.4 Å². The molecule has 2 atom stereocenters. The van der Waals surface area contributed by atoms with Crippen molar-refractivity contribution in [1.29, 1.82) is 0 Å². The Labute approximate surface area is 176 Å². The molecule has 9 heteroatoms. The van der Waals surface area contributed by atoms with E-state index in [1.54, 1.807) is 12.1 Å². The fourth-order valence-corrected chi connectivity index (χ4v) is 5.21. The predicted molar refractivity (Wildman–Crippen MR) is 112 cm³/mol. The van der Waals surface area contributed by atoms with Crippen molar-refractivity contribution in [3.8, 4) is 0 Å². The first-order valence-corrected chi connectivity index (χ1v) is 10.7. The maximum atomic E-state index is 13.3. The Balaban J connectivity index is 1.37. The minimum Gasteiger partial charge on any atom is -0.369 e. The molecule has 162 valence electrons. The number of nitro benzene ring substituents is 1. The van der Waals surface area contributed by atoms with Crippen molar-refractivity contribution in [3.63, 3.8) is 0 Å². The van der Waals surface area contributed by atoms with Crippen molar-refractivity contribution >= 4 is 23.3 Å². The zero-order valence-electron chi connectivity index (χ0n) is 17.5. The van der Waals surface area contributed by atoms with Crippen LogP contribution in [0.15, 0.2) is 24.3 Å². The maximum absolute atomic E-state index is 13.3. The average molecular weight is 415 g/mol. The lowest BCUT2D eigenvalue weighted by molar-refractivity contribution is -0.384. The number of nitrogens with zero attached hydrogens (tertiary/aromatic N) is 4. The molecule has 1 aliphatic carbocycles. The first-order chi connectivity index (χ1) is 14.3. The third-order valence-electron chi connectivity index (χ3n) is 7.13. The SMILES string of the molecule is C[C@@H]1CCC[C@@H](C)C12NC(=O)N(CN1CCN(c3ccc([N+](=O)[O-])cc3)CC1)C2=O. The molecule has 1 saturated carbocycles. The third-order valence-corrected chi connectivity index (χ3v) is 7.13. The number of anilines is 1. The van der Waals surface area contributed by atoms with E-state index in [1.807, 2.05) is 0 Å². The van der Waals surface area contributed by atoms with E-state index in [9.17, 15) is 19.7 Å². The lowest BCUT2D eigenvalue weighted by Crippen LogP contribution is -2.59. The molecule has 2 heterocycles. The molecule has 1 N–H and O–H groups in total. The average Bonchev–Trinajstić information content (AvgIpc) is 2.98. The summed E-state index contributed by atoms with van der Waals surface area (Å²) in [7, 11) is 0. The Morgan fingerprint density at radius 2 is 1.67 bits per heavy atom. The quantitative estimate of drug-likeness (QED) is 0.461. The molecular formula is C21H29N5O4. The largest absolute Gasteiger partial charge is 0.369 e. The van der Waals surface area contributed by atoms with Gasteiger partial charge < -0.3 is 10.2 Å². The molecule has 9 nitrogen and oxygen atoms in total. The van der Waals surface area contributed by atoms with E-state index in [4.69, 9.17) is 0 Å². The van der Waals surface area contributed by atoms with Gasteiger partial charge in [0.15, 0.2) is 0 Å². The van der Waals surface area contributed by atoms with Crippen molar-refractivity contribution < 1.29 is 14.5 Å². The number of imide groups is 1. The number of non-ortho nitro benzene ring substituents is 1. The molecule has 0 unspecified atom stereocenters. The summed E-state index contributed by atoms with van der Waals surface area (Å²) in [5.74, 6) is 0.202. The van der Waals surface area contributed by atoms with Gasteiger partial charge in [-0.1, -0.05) is 20.3 Å². The van der Waals surface area contributed by atoms with Gasteiger partial charge in [0, 0.05) is 44.0 Å². The first-order valence-electron chi connectivity index (χ1n) is 10.7. The van der Waals surface area contributed by atoms with Crippen molar-refractivity contribution in [1.82, 2.24) is 15.1 Å². The van der Waals surface area contributed by atoms with E-state index < -0.39 is 10.5 Å². The van der Waals surface area contributed by atoms with Crippen LogP contribution in [-0.2, 0) is 4.79 Å². The predicted octanol–water partition coefficient (Wildman–Crippen LogP) is 2.42. The van der Waals surface area contributed by atoms with Crippen LogP contribution >= 0.6 is 0 Å². The van der Waals surface area contributed by atoms with E-state index >= 15 is 0 Å². The molecule has 3 fully saturated rings. The number of nitrogens with one attached hydrogen (secondary N) is 1. The van der Waals surface area contributed by atoms with Gasteiger partial charge in [-0.3, -0.25) is 19.8 Å². The number of piperazine rings is 1. The van der Waals surface area contributed by atoms with Crippen molar-refractivity contribution in [2.75, 3.05) is 37.7 Å². The van der Waals surface area contributed by atoms with Gasteiger partial charge in [0.2, 0.25) is 0 Å². The van der Waals surface area contributed by atoms with Gasteiger partial charge in [0.25, 0.3) is 11.6 Å². The zero-order chi connectivity index (χ0) is 21.5. The minimum absolute atomic E-state index is 0.0787. The van der Waals surface area contributed by atoms with Crippen LogP contribution in [0, 0.1) is 22.0 Å². The highest BCUT2D eigenvalue weighted by Gasteiger charge is 2.58. The molecule has 3 aliphatic rings. The number of hydrogen-bond donors (Lipinski definition) is 1. The molecule has 1 aromatic carbocycles. The van der Waals surface area contributed by atoms with Crippen LogP contribution in [0.4, 0.5) is 16.2 Å². The van der Waals surface area contributed by atoms with Gasteiger partial charge in [-0.25, -0.2) is 9.69 Å². The van der Waals surface area contributed by atoms with Crippen LogP contribution in [0.25, 0.3) is 0 Å². The maximum Gasteiger partial charge on any atom is 0.326 e. The van der Waals surface area contributed by atoms with Crippen molar-refractivity contribution in [2.45, 2.75) is 38.6 Å². The lowest BCUT2D eigenvalue weighted by atomic mass is 9.67. The minimum atomic E-state index is -0.754. The first kappa shape index (κ1) is 20.6. The highest BCUT2D eigenvalue weighted by atomic mass is 16.6. The van der Waals surface area contributed by atoms with E-state index in [2.05, 4.69) is 29.0 Å². The number of carbonyl (C=O) groups is 2. The topological polar surface area (TPSA) is 99.0 Å². The molecule has 30 heavy (non-hydrogen) atoms. The molecular weight excluding hydrogens is 386 g/mol.